The molecular formula is C14H33P3. The molecule has 0 unspecified atom stereocenters. The average Bonchev–Trinajstić information content (AvgIpc) is 2.38. The van der Waals surface area contributed by atoms with Crippen molar-refractivity contribution in [3.05, 3.63) is 0 Å². The zero-order valence-corrected chi connectivity index (χ0v) is 15.4. The third kappa shape index (κ3) is 8.92. The molecule has 0 nitrogen and oxygen atoms in total. The van der Waals surface area contributed by atoms with Crippen LogP contribution in [0.25, 0.3) is 0 Å². The van der Waals surface area contributed by atoms with Crippen LogP contribution in [0.5, 0.6) is 0 Å². The number of rotatable bonds is 11. The van der Waals surface area contributed by atoms with Gasteiger partial charge in [-0.25, -0.2) is 0 Å². The van der Waals surface area contributed by atoms with Crippen molar-refractivity contribution in [1.82, 2.24) is 0 Å². The molecule has 0 saturated carbocycles. The third-order valence-corrected chi connectivity index (χ3v) is 12.3. The highest BCUT2D eigenvalue weighted by Crippen LogP contribution is 2.45. The molecule has 3 heteroatoms. The Morgan fingerprint density at radius 3 is 0.882 bits per heavy atom. The quantitative estimate of drug-likeness (QED) is 0.439. The van der Waals surface area contributed by atoms with Crippen LogP contribution in [0.15, 0.2) is 0 Å². The van der Waals surface area contributed by atoms with Crippen LogP contribution < -0.4 is 0 Å². The zero-order chi connectivity index (χ0) is 13.1. The van der Waals surface area contributed by atoms with Gasteiger partial charge in [0.1, 0.15) is 0 Å². The molecule has 0 amide bonds. The monoisotopic (exact) mass is 294 g/mol. The summed E-state index contributed by atoms with van der Waals surface area (Å²) in [5.41, 5.74) is 0. The molecule has 0 aliphatic heterocycles. The highest BCUT2D eigenvalue weighted by molar-refractivity contribution is 7.63. The smallest absolute Gasteiger partial charge is 0.0286 e. The molecule has 0 fully saturated rings. The van der Waals surface area contributed by atoms with Gasteiger partial charge in [-0.2, -0.15) is 0 Å². The Kier molecular flexibility index (Phi) is 13.3. The van der Waals surface area contributed by atoms with Crippen molar-refractivity contribution in [1.29, 1.82) is 0 Å². The summed E-state index contributed by atoms with van der Waals surface area (Å²) in [5.74, 6) is 0. The zero-order valence-electron chi connectivity index (χ0n) is 12.7. The fourth-order valence-corrected chi connectivity index (χ4v) is 9.61. The SMILES string of the molecule is CCP(CC)CCP(CC)CCP(CC)CC. The first-order valence-electron chi connectivity index (χ1n) is 7.38. The summed E-state index contributed by atoms with van der Waals surface area (Å²) in [4.78, 5) is 0. The van der Waals surface area contributed by atoms with Gasteiger partial charge in [-0.3, -0.25) is 0 Å². The van der Waals surface area contributed by atoms with E-state index in [-0.39, 0.29) is 0 Å². The minimum atomic E-state index is 0.386. The lowest BCUT2D eigenvalue weighted by molar-refractivity contribution is 1.30. The van der Waals surface area contributed by atoms with Crippen LogP contribution in [0.2, 0.25) is 0 Å². The highest BCUT2D eigenvalue weighted by atomic mass is 31.1. The Morgan fingerprint density at radius 1 is 0.412 bits per heavy atom. The molecule has 0 aliphatic carbocycles. The molecule has 0 aromatic carbocycles. The van der Waals surface area contributed by atoms with Crippen molar-refractivity contribution in [2.45, 2.75) is 34.6 Å². The van der Waals surface area contributed by atoms with Crippen LogP contribution in [0.1, 0.15) is 34.6 Å². The normalized spacial score (nSPS) is 12.0. The molecule has 0 atom stereocenters. The minimum absolute atomic E-state index is 0.386. The maximum atomic E-state index is 2.42. The lowest BCUT2D eigenvalue weighted by Gasteiger charge is -2.22. The van der Waals surface area contributed by atoms with E-state index in [0.29, 0.717) is 23.8 Å². The summed E-state index contributed by atoms with van der Waals surface area (Å²) < 4.78 is 0. The Morgan fingerprint density at radius 2 is 0.647 bits per heavy atom. The van der Waals surface area contributed by atoms with Gasteiger partial charge >= 0.3 is 0 Å². The minimum Gasteiger partial charge on any atom is -0.107 e. The van der Waals surface area contributed by atoms with Crippen LogP contribution in [-0.4, -0.2) is 55.5 Å². The molecule has 0 spiro atoms. The van der Waals surface area contributed by atoms with E-state index in [1.54, 1.807) is 24.6 Å². The summed E-state index contributed by atoms with van der Waals surface area (Å²) >= 11 is 0. The van der Waals surface area contributed by atoms with Crippen LogP contribution in [0.3, 0.4) is 0 Å². The second-order valence-corrected chi connectivity index (χ2v) is 13.5. The van der Waals surface area contributed by atoms with Crippen LogP contribution in [0, 0.1) is 0 Å². The summed E-state index contributed by atoms with van der Waals surface area (Å²) in [6.07, 6.45) is 13.6. The molecule has 0 rings (SSSR count). The first-order chi connectivity index (χ1) is 8.21. The predicted octanol–water partition coefficient (Wildman–Crippen LogP) is 5.53. The van der Waals surface area contributed by atoms with E-state index >= 15 is 0 Å². The second-order valence-electron chi connectivity index (χ2n) is 4.49. The van der Waals surface area contributed by atoms with Gasteiger partial charge in [0.05, 0.1) is 0 Å². The van der Waals surface area contributed by atoms with Gasteiger partial charge in [0.2, 0.25) is 0 Å². The van der Waals surface area contributed by atoms with E-state index in [1.165, 1.54) is 30.8 Å². The van der Waals surface area contributed by atoms with Crippen LogP contribution in [0.4, 0.5) is 0 Å². The van der Waals surface area contributed by atoms with E-state index in [0.717, 1.165) is 0 Å². The molecule has 0 N–H and O–H groups in total. The van der Waals surface area contributed by atoms with Crippen molar-refractivity contribution >= 4 is 23.8 Å². The maximum absolute atomic E-state index is 2.42. The lowest BCUT2D eigenvalue weighted by Crippen LogP contribution is -2.03. The third-order valence-electron chi connectivity index (χ3n) is 3.70. The Balaban J connectivity index is 3.82. The molecule has 0 aromatic rings. The first kappa shape index (κ1) is 18.3. The Bertz CT molecular complexity index is 138. The van der Waals surface area contributed by atoms with Crippen molar-refractivity contribution in [2.75, 3.05) is 55.5 Å². The molecule has 0 radical (unpaired) electrons. The summed E-state index contributed by atoms with van der Waals surface area (Å²) in [6, 6.07) is 0. The van der Waals surface area contributed by atoms with Gasteiger partial charge < -0.3 is 0 Å². The Labute approximate surface area is 114 Å². The lowest BCUT2D eigenvalue weighted by atomic mass is 10.9. The fourth-order valence-electron chi connectivity index (χ4n) is 2.07. The van der Waals surface area contributed by atoms with Crippen molar-refractivity contribution in [3.63, 3.8) is 0 Å². The van der Waals surface area contributed by atoms with Gasteiger partial charge in [-0.1, -0.05) is 34.6 Å². The van der Waals surface area contributed by atoms with E-state index in [9.17, 15) is 0 Å². The standard InChI is InChI=1S/C14H33P3/c1-6-15(7-2)11-13-17(10-5)14-12-16(8-3)9-4/h6-14H2,1-5H3. The van der Waals surface area contributed by atoms with Crippen LogP contribution >= 0.6 is 23.8 Å². The predicted molar refractivity (Wildman–Crippen MR) is 92.9 cm³/mol. The largest absolute Gasteiger partial charge is 0.107 e. The molecule has 0 aliphatic rings. The average molecular weight is 294 g/mol. The fraction of sp³-hybridized carbons (Fsp3) is 1.00. The van der Waals surface area contributed by atoms with E-state index < -0.39 is 0 Å². The maximum Gasteiger partial charge on any atom is -0.0286 e. The molecule has 17 heavy (non-hydrogen) atoms. The Hall–Kier alpha value is 1.29. The molecule has 104 valence electrons. The topological polar surface area (TPSA) is 0 Å². The summed E-state index contributed by atoms with van der Waals surface area (Å²) in [7, 11) is 1.17. The molecule has 0 saturated heterocycles. The second kappa shape index (κ2) is 12.3. The van der Waals surface area contributed by atoms with Gasteiger partial charge in [0.15, 0.2) is 0 Å². The summed E-state index contributed by atoms with van der Waals surface area (Å²) in [5, 5.41) is 0. The number of hydrogen-bond acceptors (Lipinski definition) is 0. The van der Waals surface area contributed by atoms with Crippen molar-refractivity contribution in [2.24, 2.45) is 0 Å². The van der Waals surface area contributed by atoms with E-state index in [4.69, 9.17) is 0 Å². The molecular weight excluding hydrogens is 261 g/mol. The molecule has 0 bridgehead atoms. The van der Waals surface area contributed by atoms with Gasteiger partial charge in [-0.15, -0.1) is 23.8 Å². The van der Waals surface area contributed by atoms with Gasteiger partial charge in [-0.05, 0) is 55.5 Å². The van der Waals surface area contributed by atoms with Crippen molar-refractivity contribution in [3.8, 4) is 0 Å². The van der Waals surface area contributed by atoms with Crippen molar-refractivity contribution < 1.29 is 0 Å². The highest BCUT2D eigenvalue weighted by Gasteiger charge is 2.11. The van der Waals surface area contributed by atoms with Gasteiger partial charge in [0.25, 0.3) is 0 Å². The number of hydrogen-bond donors (Lipinski definition) is 0. The van der Waals surface area contributed by atoms with E-state index in [2.05, 4.69) is 34.6 Å². The molecule has 0 heterocycles. The molecule has 0 aromatic heterocycles. The summed E-state index contributed by atoms with van der Waals surface area (Å²) in [6.45, 7) is 12.0. The van der Waals surface area contributed by atoms with E-state index in [1.807, 2.05) is 0 Å². The first-order valence-corrected chi connectivity index (χ1v) is 13.1. The van der Waals surface area contributed by atoms with Gasteiger partial charge in [0, 0.05) is 0 Å². The van der Waals surface area contributed by atoms with Crippen LogP contribution in [-0.2, 0) is 0 Å².